The Morgan fingerprint density at radius 3 is 2.71 bits per heavy atom. The highest BCUT2D eigenvalue weighted by Crippen LogP contribution is 2.26. The molecule has 4 rings (SSSR count). The first kappa shape index (κ1) is 18.9. The zero-order valence-corrected chi connectivity index (χ0v) is 16.8. The summed E-state index contributed by atoms with van der Waals surface area (Å²) in [4.78, 5) is 15.8. The largest absolute Gasteiger partial charge is 0.419 e. The zero-order valence-electron chi connectivity index (χ0n) is 15.3. The summed E-state index contributed by atoms with van der Waals surface area (Å²) in [5, 5.41) is 10.9. The molecule has 1 amide bonds. The maximum atomic E-state index is 12.9. The van der Waals surface area contributed by atoms with Crippen LogP contribution in [0.5, 0.6) is 0 Å². The van der Waals surface area contributed by atoms with Gasteiger partial charge in [0.25, 0.3) is 0 Å². The third-order valence-electron chi connectivity index (χ3n) is 4.85. The van der Waals surface area contributed by atoms with Crippen molar-refractivity contribution in [2.45, 2.75) is 38.3 Å². The Morgan fingerprint density at radius 1 is 1.21 bits per heavy atom. The molecular formula is C21H20ClN3O2S. The van der Waals surface area contributed by atoms with E-state index in [0.29, 0.717) is 23.3 Å². The lowest BCUT2D eigenvalue weighted by Crippen LogP contribution is -2.37. The second kappa shape index (κ2) is 8.71. The van der Waals surface area contributed by atoms with E-state index in [1.54, 1.807) is 29.5 Å². The molecular weight excluding hydrogens is 394 g/mol. The number of rotatable bonds is 6. The molecule has 1 aromatic carbocycles. The van der Waals surface area contributed by atoms with Gasteiger partial charge in [-0.15, -0.1) is 21.5 Å². The fourth-order valence-electron chi connectivity index (χ4n) is 3.41. The minimum absolute atomic E-state index is 0.0217. The monoisotopic (exact) mass is 413 g/mol. The van der Waals surface area contributed by atoms with Crippen LogP contribution in [0.3, 0.4) is 0 Å². The molecule has 0 unspecified atom stereocenters. The van der Waals surface area contributed by atoms with Crippen molar-refractivity contribution in [3.05, 3.63) is 63.6 Å². The summed E-state index contributed by atoms with van der Waals surface area (Å²) in [5.41, 5.74) is 0.805. The van der Waals surface area contributed by atoms with E-state index >= 15 is 0 Å². The van der Waals surface area contributed by atoms with Crippen LogP contribution < -0.4 is 0 Å². The molecule has 3 aromatic rings. The van der Waals surface area contributed by atoms with E-state index in [1.807, 2.05) is 40.6 Å². The van der Waals surface area contributed by atoms with Crippen molar-refractivity contribution < 1.29 is 9.21 Å². The summed E-state index contributed by atoms with van der Waals surface area (Å²) in [6.07, 6.45) is 7.81. The first-order chi connectivity index (χ1) is 13.7. The summed E-state index contributed by atoms with van der Waals surface area (Å²) in [6, 6.07) is 11.4. The molecule has 0 atom stereocenters. The van der Waals surface area contributed by atoms with Gasteiger partial charge in [-0.3, -0.25) is 4.79 Å². The van der Waals surface area contributed by atoms with Gasteiger partial charge in [-0.25, -0.2) is 0 Å². The maximum absolute atomic E-state index is 12.9. The number of hydrogen-bond donors (Lipinski definition) is 0. The Hall–Kier alpha value is -2.44. The molecule has 1 aliphatic carbocycles. The second-order valence-corrected chi connectivity index (χ2v) is 8.18. The van der Waals surface area contributed by atoms with Crippen LogP contribution in [-0.2, 0) is 11.3 Å². The van der Waals surface area contributed by atoms with E-state index in [2.05, 4.69) is 10.2 Å². The molecule has 1 saturated carbocycles. The van der Waals surface area contributed by atoms with Crippen LogP contribution >= 0.6 is 22.9 Å². The Bertz CT molecular complexity index is 944. The van der Waals surface area contributed by atoms with Crippen LogP contribution in [0, 0.1) is 0 Å². The van der Waals surface area contributed by atoms with E-state index in [4.69, 9.17) is 16.0 Å². The van der Waals surface area contributed by atoms with E-state index < -0.39 is 0 Å². The molecule has 28 heavy (non-hydrogen) atoms. The van der Waals surface area contributed by atoms with Crippen LogP contribution in [0.2, 0.25) is 5.02 Å². The van der Waals surface area contributed by atoms with Gasteiger partial charge in [0.2, 0.25) is 17.7 Å². The fourth-order valence-corrected chi connectivity index (χ4v) is 4.15. The molecule has 144 valence electrons. The molecule has 1 aliphatic rings. The second-order valence-electron chi connectivity index (χ2n) is 6.76. The molecule has 2 heterocycles. The minimum atomic E-state index is -0.0217. The Balaban J connectivity index is 1.51. The molecule has 0 N–H and O–H groups in total. The number of hydrogen-bond acceptors (Lipinski definition) is 5. The van der Waals surface area contributed by atoms with E-state index in [-0.39, 0.29) is 11.9 Å². The lowest BCUT2D eigenvalue weighted by atomic mass is 10.2. The fraction of sp³-hybridized carbons (Fsp3) is 0.286. The van der Waals surface area contributed by atoms with Gasteiger partial charge in [0.1, 0.15) is 0 Å². The smallest absolute Gasteiger partial charge is 0.247 e. The summed E-state index contributed by atoms with van der Waals surface area (Å²) in [5.74, 6) is 0.848. The highest BCUT2D eigenvalue weighted by Gasteiger charge is 2.27. The summed E-state index contributed by atoms with van der Waals surface area (Å²) in [7, 11) is 0. The normalized spacial score (nSPS) is 14.8. The van der Waals surface area contributed by atoms with E-state index in [9.17, 15) is 4.79 Å². The Kier molecular flexibility index (Phi) is 5.88. The first-order valence-electron chi connectivity index (χ1n) is 9.29. The van der Waals surface area contributed by atoms with Crippen molar-refractivity contribution in [1.82, 2.24) is 15.1 Å². The molecule has 2 aromatic heterocycles. The van der Waals surface area contributed by atoms with Gasteiger partial charge in [0, 0.05) is 27.6 Å². The highest BCUT2D eigenvalue weighted by molar-refractivity contribution is 7.10. The SMILES string of the molecule is O=C(C=Cc1cccs1)N(Cc1nnc(-c2ccc(Cl)cc2)o1)C1CCCC1. The Labute approximate surface area is 172 Å². The van der Waals surface area contributed by atoms with Gasteiger partial charge >= 0.3 is 0 Å². The summed E-state index contributed by atoms with van der Waals surface area (Å²) in [6.45, 7) is 0.318. The number of aromatic nitrogens is 2. The van der Waals surface area contributed by atoms with Crippen LogP contribution in [0.15, 0.2) is 52.3 Å². The number of halogens is 1. The van der Waals surface area contributed by atoms with Gasteiger partial charge in [-0.2, -0.15) is 0 Å². The number of carbonyl (C=O) groups is 1. The van der Waals surface area contributed by atoms with Crippen molar-refractivity contribution in [2.75, 3.05) is 0 Å². The van der Waals surface area contributed by atoms with Crippen LogP contribution in [0.1, 0.15) is 36.5 Å². The van der Waals surface area contributed by atoms with Crippen molar-refractivity contribution in [1.29, 1.82) is 0 Å². The van der Waals surface area contributed by atoms with E-state index in [0.717, 1.165) is 36.1 Å². The third-order valence-corrected chi connectivity index (χ3v) is 5.94. The minimum Gasteiger partial charge on any atom is -0.419 e. The molecule has 1 fully saturated rings. The third kappa shape index (κ3) is 4.51. The lowest BCUT2D eigenvalue weighted by molar-refractivity contribution is -0.129. The highest BCUT2D eigenvalue weighted by atomic mass is 35.5. The van der Waals surface area contributed by atoms with Crippen LogP contribution in [0.4, 0.5) is 0 Å². The summed E-state index contributed by atoms with van der Waals surface area (Å²) >= 11 is 7.54. The molecule has 5 nitrogen and oxygen atoms in total. The number of carbonyl (C=O) groups excluding carboxylic acids is 1. The van der Waals surface area contributed by atoms with Crippen LogP contribution in [-0.4, -0.2) is 27.0 Å². The number of benzene rings is 1. The molecule has 0 spiro atoms. The van der Waals surface area contributed by atoms with E-state index in [1.165, 1.54) is 0 Å². The molecule has 0 saturated heterocycles. The van der Waals surface area contributed by atoms with Gasteiger partial charge in [0.15, 0.2) is 0 Å². The van der Waals surface area contributed by atoms with Crippen molar-refractivity contribution >= 4 is 34.9 Å². The maximum Gasteiger partial charge on any atom is 0.247 e. The zero-order chi connectivity index (χ0) is 19.3. The summed E-state index contributed by atoms with van der Waals surface area (Å²) < 4.78 is 5.82. The molecule has 0 radical (unpaired) electrons. The van der Waals surface area contributed by atoms with Gasteiger partial charge in [-0.1, -0.05) is 30.5 Å². The quantitative estimate of drug-likeness (QED) is 0.505. The number of amides is 1. The predicted molar refractivity (Wildman–Crippen MR) is 111 cm³/mol. The average Bonchev–Trinajstić information content (AvgIpc) is 3.47. The molecule has 0 aliphatic heterocycles. The average molecular weight is 414 g/mol. The number of thiophene rings is 1. The topological polar surface area (TPSA) is 59.2 Å². The van der Waals surface area contributed by atoms with Crippen molar-refractivity contribution in [2.24, 2.45) is 0 Å². The number of nitrogens with zero attached hydrogens (tertiary/aromatic N) is 3. The van der Waals surface area contributed by atoms with Gasteiger partial charge in [-0.05, 0) is 54.6 Å². The molecule has 7 heteroatoms. The standard InChI is InChI=1S/C21H20ClN3O2S/c22-16-9-7-15(8-10-16)21-24-23-19(27-21)14-25(17-4-1-2-5-17)20(26)12-11-18-6-3-13-28-18/h3,6-13,17H,1-2,4-5,14H2. The van der Waals surface area contributed by atoms with Gasteiger partial charge in [0.05, 0.1) is 6.54 Å². The first-order valence-corrected chi connectivity index (χ1v) is 10.6. The Morgan fingerprint density at radius 2 is 2.00 bits per heavy atom. The van der Waals surface area contributed by atoms with Crippen molar-refractivity contribution in [3.8, 4) is 11.5 Å². The van der Waals surface area contributed by atoms with Crippen molar-refractivity contribution in [3.63, 3.8) is 0 Å². The van der Waals surface area contributed by atoms with Gasteiger partial charge < -0.3 is 9.32 Å². The molecule has 0 bridgehead atoms. The van der Waals surface area contributed by atoms with Crippen LogP contribution in [0.25, 0.3) is 17.5 Å². The lowest BCUT2D eigenvalue weighted by Gasteiger charge is -2.26. The predicted octanol–water partition coefficient (Wildman–Crippen LogP) is 5.44.